The van der Waals surface area contributed by atoms with E-state index in [0.717, 1.165) is 34.3 Å². The van der Waals surface area contributed by atoms with Crippen molar-refractivity contribution in [3.05, 3.63) is 22.2 Å². The quantitative estimate of drug-likeness (QED) is 0.924. The van der Waals surface area contributed by atoms with E-state index in [1.165, 1.54) is 17.8 Å². The van der Waals surface area contributed by atoms with Crippen LogP contribution in [-0.4, -0.2) is 28.9 Å². The zero-order chi connectivity index (χ0) is 14.4. The first-order chi connectivity index (χ1) is 9.49. The zero-order valence-electron chi connectivity index (χ0n) is 12.1. The van der Waals surface area contributed by atoms with E-state index in [-0.39, 0.29) is 5.91 Å². The number of hydrogen-bond donors (Lipinski definition) is 1. The van der Waals surface area contributed by atoms with Crippen LogP contribution in [0.3, 0.4) is 0 Å². The highest BCUT2D eigenvalue weighted by Gasteiger charge is 2.29. The molecule has 0 unspecified atom stereocenters. The van der Waals surface area contributed by atoms with Crippen molar-refractivity contribution in [3.63, 3.8) is 0 Å². The van der Waals surface area contributed by atoms with Crippen LogP contribution in [0.25, 0.3) is 10.2 Å². The molecule has 106 valence electrons. The van der Waals surface area contributed by atoms with Gasteiger partial charge in [0.1, 0.15) is 9.71 Å². The van der Waals surface area contributed by atoms with Crippen LogP contribution >= 0.6 is 11.3 Å². The Morgan fingerprint density at radius 2 is 2.15 bits per heavy atom. The van der Waals surface area contributed by atoms with Crippen LogP contribution in [0.5, 0.6) is 0 Å². The smallest absolute Gasteiger partial charge is 0.266 e. The second-order valence-electron chi connectivity index (χ2n) is 5.61. The molecule has 0 spiro atoms. The van der Waals surface area contributed by atoms with Crippen LogP contribution in [0.15, 0.2) is 6.07 Å². The van der Waals surface area contributed by atoms with Gasteiger partial charge in [0.2, 0.25) is 0 Å². The predicted octanol–water partition coefficient (Wildman–Crippen LogP) is 3.12. The molecule has 1 amide bonds. The summed E-state index contributed by atoms with van der Waals surface area (Å²) < 4.78 is 0. The average molecular weight is 289 g/mol. The van der Waals surface area contributed by atoms with Gasteiger partial charge in [0.05, 0.1) is 5.69 Å². The summed E-state index contributed by atoms with van der Waals surface area (Å²) in [6.07, 6.45) is 3.41. The zero-order valence-corrected chi connectivity index (χ0v) is 12.9. The summed E-state index contributed by atoms with van der Waals surface area (Å²) in [5.74, 6) is 0.0345. The lowest BCUT2D eigenvalue weighted by Crippen LogP contribution is -2.41. The number of thiophene rings is 1. The van der Waals surface area contributed by atoms with E-state index >= 15 is 0 Å². The summed E-state index contributed by atoms with van der Waals surface area (Å²) in [4.78, 5) is 20.4. The largest absolute Gasteiger partial charge is 0.397 e. The fraction of sp³-hybridized carbons (Fsp3) is 0.467. The standard InChI is InChI=1S/C15H19N3OS/c1-8-7-9(2)17-14-11(8)12(16)13(20-14)15(19)18(3)10-5-4-6-10/h7,10H,4-6,16H2,1-3H3. The first kappa shape index (κ1) is 13.4. The summed E-state index contributed by atoms with van der Waals surface area (Å²) in [6.45, 7) is 3.98. The maximum atomic E-state index is 12.6. The number of nitrogens with zero attached hydrogens (tertiary/aromatic N) is 2. The first-order valence-corrected chi connectivity index (χ1v) is 7.74. The average Bonchev–Trinajstić information content (AvgIpc) is 2.63. The van der Waals surface area contributed by atoms with E-state index in [9.17, 15) is 4.79 Å². The molecule has 2 heterocycles. The maximum absolute atomic E-state index is 12.6. The summed E-state index contributed by atoms with van der Waals surface area (Å²) in [6, 6.07) is 2.39. The van der Waals surface area contributed by atoms with Crippen LogP contribution < -0.4 is 5.73 Å². The van der Waals surface area contributed by atoms with Gasteiger partial charge < -0.3 is 10.6 Å². The molecule has 1 aliphatic rings. The van der Waals surface area contributed by atoms with Crippen molar-refractivity contribution in [3.8, 4) is 0 Å². The third-order valence-corrected chi connectivity index (χ3v) is 5.25. The monoisotopic (exact) mass is 289 g/mol. The molecule has 2 aromatic heterocycles. The van der Waals surface area contributed by atoms with Crippen molar-refractivity contribution in [2.75, 3.05) is 12.8 Å². The molecule has 5 heteroatoms. The molecule has 3 rings (SSSR count). The summed E-state index contributed by atoms with van der Waals surface area (Å²) in [5.41, 5.74) is 8.85. The van der Waals surface area contributed by atoms with Gasteiger partial charge in [0, 0.05) is 24.2 Å². The van der Waals surface area contributed by atoms with Gasteiger partial charge in [-0.25, -0.2) is 4.98 Å². The van der Waals surface area contributed by atoms with Crippen molar-refractivity contribution in [2.45, 2.75) is 39.2 Å². The highest BCUT2D eigenvalue weighted by atomic mass is 32.1. The lowest BCUT2D eigenvalue weighted by molar-refractivity contribution is 0.0658. The summed E-state index contributed by atoms with van der Waals surface area (Å²) >= 11 is 1.41. The fourth-order valence-electron chi connectivity index (χ4n) is 2.73. The van der Waals surface area contributed by atoms with Gasteiger partial charge in [-0.15, -0.1) is 11.3 Å². The summed E-state index contributed by atoms with van der Waals surface area (Å²) in [5, 5.41) is 0.936. The molecule has 0 atom stereocenters. The third kappa shape index (κ3) is 1.97. The fourth-order valence-corrected chi connectivity index (χ4v) is 3.93. The van der Waals surface area contributed by atoms with Gasteiger partial charge >= 0.3 is 0 Å². The van der Waals surface area contributed by atoms with Gasteiger partial charge in [0.25, 0.3) is 5.91 Å². The Hall–Kier alpha value is -1.62. The number of pyridine rings is 1. The second kappa shape index (κ2) is 4.74. The van der Waals surface area contributed by atoms with Crippen molar-refractivity contribution in [1.29, 1.82) is 0 Å². The Kier molecular flexibility index (Phi) is 3.17. The highest BCUT2D eigenvalue weighted by molar-refractivity contribution is 7.21. The minimum absolute atomic E-state index is 0.0345. The van der Waals surface area contributed by atoms with Crippen LogP contribution in [0.4, 0.5) is 5.69 Å². The van der Waals surface area contributed by atoms with Gasteiger partial charge in [0.15, 0.2) is 0 Å². The molecular formula is C15H19N3OS. The van der Waals surface area contributed by atoms with Gasteiger partial charge in [-0.3, -0.25) is 4.79 Å². The topological polar surface area (TPSA) is 59.2 Å². The van der Waals surface area contributed by atoms with Crippen LogP contribution in [0.1, 0.15) is 40.2 Å². The van der Waals surface area contributed by atoms with E-state index in [2.05, 4.69) is 4.98 Å². The molecule has 0 radical (unpaired) electrons. The Labute approximate surface area is 122 Å². The van der Waals surface area contributed by atoms with E-state index < -0.39 is 0 Å². The number of hydrogen-bond acceptors (Lipinski definition) is 4. The number of carbonyl (C=O) groups is 1. The maximum Gasteiger partial charge on any atom is 0.266 e. The molecule has 20 heavy (non-hydrogen) atoms. The number of rotatable bonds is 2. The molecule has 4 nitrogen and oxygen atoms in total. The Morgan fingerprint density at radius 3 is 2.75 bits per heavy atom. The van der Waals surface area contributed by atoms with Crippen molar-refractivity contribution >= 4 is 33.1 Å². The lowest BCUT2D eigenvalue weighted by atomic mass is 9.92. The minimum atomic E-state index is 0.0345. The molecular weight excluding hydrogens is 270 g/mol. The van der Waals surface area contributed by atoms with Crippen molar-refractivity contribution in [1.82, 2.24) is 9.88 Å². The predicted molar refractivity (Wildman–Crippen MR) is 83.2 cm³/mol. The number of nitrogen functional groups attached to an aromatic ring is 1. The Morgan fingerprint density at radius 1 is 1.45 bits per heavy atom. The van der Waals surface area contributed by atoms with Crippen molar-refractivity contribution < 1.29 is 4.79 Å². The van der Waals surface area contributed by atoms with Gasteiger partial charge in [-0.2, -0.15) is 0 Å². The van der Waals surface area contributed by atoms with E-state index in [1.54, 1.807) is 0 Å². The highest BCUT2D eigenvalue weighted by Crippen LogP contribution is 2.36. The number of nitrogens with two attached hydrogens (primary N) is 1. The van der Waals surface area contributed by atoms with Gasteiger partial charge in [-0.1, -0.05) is 0 Å². The Bertz CT molecular complexity index is 688. The van der Waals surface area contributed by atoms with E-state index in [4.69, 9.17) is 5.73 Å². The molecule has 1 aliphatic carbocycles. The molecule has 0 aliphatic heterocycles. The normalized spacial score (nSPS) is 15.3. The van der Waals surface area contributed by atoms with Crippen molar-refractivity contribution in [2.24, 2.45) is 0 Å². The molecule has 1 fully saturated rings. The summed E-state index contributed by atoms with van der Waals surface area (Å²) in [7, 11) is 1.88. The number of aromatic nitrogens is 1. The number of fused-ring (bicyclic) bond motifs is 1. The first-order valence-electron chi connectivity index (χ1n) is 6.92. The SMILES string of the molecule is Cc1cc(C)c2c(N)c(C(=O)N(C)C3CCC3)sc2n1. The minimum Gasteiger partial charge on any atom is -0.397 e. The van der Waals surface area contributed by atoms with Gasteiger partial charge in [-0.05, 0) is 44.7 Å². The molecule has 0 saturated heterocycles. The van der Waals surface area contributed by atoms with Crippen LogP contribution in [-0.2, 0) is 0 Å². The number of anilines is 1. The van der Waals surface area contributed by atoms with E-state index in [1.807, 2.05) is 31.9 Å². The molecule has 2 aromatic rings. The number of amides is 1. The number of carbonyl (C=O) groups excluding carboxylic acids is 1. The number of aryl methyl sites for hydroxylation is 2. The van der Waals surface area contributed by atoms with Crippen LogP contribution in [0, 0.1) is 13.8 Å². The molecule has 2 N–H and O–H groups in total. The van der Waals surface area contributed by atoms with Crippen LogP contribution in [0.2, 0.25) is 0 Å². The Balaban J connectivity index is 2.05. The molecule has 0 bridgehead atoms. The lowest BCUT2D eigenvalue weighted by Gasteiger charge is -2.34. The van der Waals surface area contributed by atoms with E-state index in [0.29, 0.717) is 16.6 Å². The third-order valence-electron chi connectivity index (χ3n) is 4.16. The molecule has 1 saturated carbocycles. The molecule has 0 aromatic carbocycles. The second-order valence-corrected chi connectivity index (χ2v) is 6.61.